The van der Waals surface area contributed by atoms with Crippen molar-refractivity contribution in [3.8, 4) is 0 Å². The summed E-state index contributed by atoms with van der Waals surface area (Å²) in [6, 6.07) is 0. The van der Waals surface area contributed by atoms with Crippen molar-refractivity contribution in [2.75, 3.05) is 0 Å². The molecule has 0 aliphatic carbocycles. The van der Waals surface area contributed by atoms with Crippen LogP contribution in [0, 0.1) is 5.41 Å². The second-order valence-electron chi connectivity index (χ2n) is 5.30. The average Bonchev–Trinajstić information content (AvgIpc) is 1.14. The first-order valence-corrected chi connectivity index (χ1v) is 14.3. The van der Waals surface area contributed by atoms with E-state index in [9.17, 15) is 0 Å². The van der Waals surface area contributed by atoms with Crippen LogP contribution >= 0.6 is 0 Å². The molecule has 0 spiro atoms. The van der Waals surface area contributed by atoms with Crippen LogP contribution in [0.3, 0.4) is 0 Å². The summed E-state index contributed by atoms with van der Waals surface area (Å²) in [4.78, 5) is 7.50. The minimum atomic E-state index is -1.45. The van der Waals surface area contributed by atoms with Crippen LogP contribution in [-0.2, 0) is 0 Å². The monoisotopic (exact) mass is 236 g/mol. The van der Waals surface area contributed by atoms with Gasteiger partial charge in [-0.15, -0.1) is 0 Å². The van der Waals surface area contributed by atoms with Gasteiger partial charge in [-0.25, -0.2) is 0 Å². The summed E-state index contributed by atoms with van der Waals surface area (Å²) in [7, 11) is 0. The van der Waals surface area contributed by atoms with Crippen LogP contribution in [-0.4, -0.2) is 18.4 Å². The van der Waals surface area contributed by atoms with E-state index in [-0.39, 0.29) is 0 Å². The van der Waals surface area contributed by atoms with E-state index in [1.807, 2.05) is 0 Å². The van der Waals surface area contributed by atoms with E-state index in [1.54, 1.807) is 0 Å². The topological polar surface area (TPSA) is 0 Å². The fourth-order valence-corrected chi connectivity index (χ4v) is 10.7. The zero-order valence-electron chi connectivity index (χ0n) is 7.71. The van der Waals surface area contributed by atoms with Crippen LogP contribution in [0.1, 0.15) is 20.8 Å². The number of hydrogen-bond acceptors (Lipinski definition) is 0. The molecule has 0 amide bonds. The van der Waals surface area contributed by atoms with E-state index in [0.29, 0.717) is 5.41 Å². The summed E-state index contributed by atoms with van der Waals surface area (Å²) in [5, 5.41) is 0. The molecule has 56 valence electrons. The van der Waals surface area contributed by atoms with Gasteiger partial charge in [-0.1, -0.05) is 0 Å². The van der Waals surface area contributed by atoms with E-state index in [2.05, 4.69) is 35.6 Å². The molecule has 0 aliphatic heterocycles. The molecule has 0 heterocycles. The molecule has 0 N–H and O–H groups in total. The maximum absolute atomic E-state index is 2.50. The van der Waals surface area contributed by atoms with Crippen LogP contribution in [0.5, 0.6) is 0 Å². The van der Waals surface area contributed by atoms with Gasteiger partial charge in [0, 0.05) is 0 Å². The van der Waals surface area contributed by atoms with Crippen molar-refractivity contribution in [1.29, 1.82) is 0 Å². The molecule has 0 rings (SSSR count). The zero-order valence-corrected chi connectivity index (χ0v) is 10.6. The Morgan fingerprint density at radius 2 is 1.33 bits per heavy atom. The Morgan fingerprint density at radius 3 is 1.33 bits per heavy atom. The fourth-order valence-electron chi connectivity index (χ4n) is 1.59. The second kappa shape index (κ2) is 2.81. The summed E-state index contributed by atoms with van der Waals surface area (Å²) < 4.78 is 1.50. The molecular formula is C8H20Sn. The van der Waals surface area contributed by atoms with Gasteiger partial charge in [0.1, 0.15) is 0 Å². The van der Waals surface area contributed by atoms with Crippen molar-refractivity contribution in [2.24, 2.45) is 5.41 Å². The first kappa shape index (κ1) is 9.80. The van der Waals surface area contributed by atoms with Crippen molar-refractivity contribution in [1.82, 2.24) is 0 Å². The predicted molar refractivity (Wildman–Crippen MR) is 47.6 cm³/mol. The van der Waals surface area contributed by atoms with Gasteiger partial charge in [-0.05, 0) is 0 Å². The average molecular weight is 235 g/mol. The molecule has 0 atom stereocenters. The molecule has 0 saturated heterocycles. The Hall–Kier alpha value is 0.799. The molecular weight excluding hydrogens is 215 g/mol. The van der Waals surface area contributed by atoms with Gasteiger partial charge in [0.15, 0.2) is 0 Å². The quantitative estimate of drug-likeness (QED) is 0.611. The molecule has 0 radical (unpaired) electrons. The molecule has 0 aromatic heterocycles. The molecule has 9 heavy (non-hydrogen) atoms. The van der Waals surface area contributed by atoms with Gasteiger partial charge >= 0.3 is 63.8 Å². The van der Waals surface area contributed by atoms with Crippen LogP contribution < -0.4 is 0 Å². The minimum absolute atomic E-state index is 0.578. The Labute approximate surface area is 63.9 Å². The first-order valence-electron chi connectivity index (χ1n) is 3.71. The normalized spacial score (nSPS) is 14.0. The third-order valence-electron chi connectivity index (χ3n) is 1.06. The van der Waals surface area contributed by atoms with Gasteiger partial charge in [0.2, 0.25) is 0 Å². The maximum atomic E-state index is 2.50. The van der Waals surface area contributed by atoms with Crippen molar-refractivity contribution in [2.45, 2.75) is 40.0 Å². The Morgan fingerprint density at radius 1 is 1.00 bits per heavy atom. The second-order valence-corrected chi connectivity index (χ2v) is 20.9. The third-order valence-corrected chi connectivity index (χ3v) is 7.12. The molecule has 1 heteroatoms. The number of hydrogen-bond donors (Lipinski definition) is 0. The van der Waals surface area contributed by atoms with Gasteiger partial charge in [-0.3, -0.25) is 0 Å². The summed E-state index contributed by atoms with van der Waals surface area (Å²) in [6.45, 7) is 7.03. The summed E-state index contributed by atoms with van der Waals surface area (Å²) in [5.41, 5.74) is 0.578. The predicted octanol–water partition coefficient (Wildman–Crippen LogP) is 3.37. The van der Waals surface area contributed by atoms with Gasteiger partial charge in [-0.2, -0.15) is 0 Å². The summed E-state index contributed by atoms with van der Waals surface area (Å²) >= 11 is -1.45. The summed E-state index contributed by atoms with van der Waals surface area (Å²) in [5.74, 6) is 0. The molecule has 0 unspecified atom stereocenters. The van der Waals surface area contributed by atoms with E-state index in [0.717, 1.165) is 0 Å². The number of rotatable bonds is 1. The van der Waals surface area contributed by atoms with Gasteiger partial charge < -0.3 is 0 Å². The Balaban J connectivity index is 3.75. The van der Waals surface area contributed by atoms with Crippen LogP contribution in [0.25, 0.3) is 0 Å². The van der Waals surface area contributed by atoms with Crippen molar-refractivity contribution in [3.05, 3.63) is 0 Å². The van der Waals surface area contributed by atoms with E-state index >= 15 is 0 Å². The molecule has 0 aromatic carbocycles. The van der Waals surface area contributed by atoms with Crippen LogP contribution in [0.15, 0.2) is 0 Å². The van der Waals surface area contributed by atoms with Gasteiger partial charge in [0.25, 0.3) is 0 Å². The summed E-state index contributed by atoms with van der Waals surface area (Å²) in [6.07, 6.45) is 0. The third kappa shape index (κ3) is 8.80. The van der Waals surface area contributed by atoms with E-state index < -0.39 is 18.4 Å². The van der Waals surface area contributed by atoms with Crippen LogP contribution in [0.4, 0.5) is 0 Å². The van der Waals surface area contributed by atoms with Crippen molar-refractivity contribution in [3.63, 3.8) is 0 Å². The SMILES string of the molecule is CC(C)(C)[CH2][Sn]([CH3])([CH3])[CH3]. The van der Waals surface area contributed by atoms with E-state index in [1.165, 1.54) is 4.44 Å². The first-order chi connectivity index (χ1) is 3.71. The van der Waals surface area contributed by atoms with E-state index in [4.69, 9.17) is 0 Å². The standard InChI is InChI=1S/C5H11.3CH3.Sn/c1-5(2,3)4;;;;/h1H2,2-4H3;3*1H3;. The molecule has 0 aliphatic rings. The van der Waals surface area contributed by atoms with Crippen molar-refractivity contribution >= 4 is 18.4 Å². The Kier molecular flexibility index (Phi) is 3.06. The molecule has 0 saturated carbocycles. The molecule has 0 fully saturated rings. The Bertz CT molecular complexity index is 69.7. The molecule has 0 bridgehead atoms. The molecule has 0 aromatic rings. The van der Waals surface area contributed by atoms with Crippen molar-refractivity contribution < 1.29 is 0 Å². The van der Waals surface area contributed by atoms with Gasteiger partial charge in [0.05, 0.1) is 0 Å². The fraction of sp³-hybridized carbons (Fsp3) is 1.00. The zero-order chi connectivity index (χ0) is 7.71. The molecule has 0 nitrogen and oxygen atoms in total. The van der Waals surface area contributed by atoms with Crippen LogP contribution in [0.2, 0.25) is 19.3 Å².